The van der Waals surface area contributed by atoms with Gasteiger partial charge < -0.3 is 5.73 Å². The average Bonchev–Trinajstić information content (AvgIpc) is 2.47. The molecule has 4 heteroatoms. The lowest BCUT2D eigenvalue weighted by Crippen LogP contribution is -2.05. The Balaban J connectivity index is 2.27. The molecular formula is C10H11FN2S. The van der Waals surface area contributed by atoms with Crippen molar-refractivity contribution in [2.24, 2.45) is 10.7 Å². The fourth-order valence-corrected chi connectivity index (χ4v) is 2.44. The van der Waals surface area contributed by atoms with Crippen LogP contribution in [0.4, 0.5) is 4.39 Å². The van der Waals surface area contributed by atoms with E-state index in [2.05, 4.69) is 11.9 Å². The van der Waals surface area contributed by atoms with Gasteiger partial charge in [0.2, 0.25) is 0 Å². The predicted octanol–water partition coefficient (Wildman–Crippen LogP) is 2.32. The summed E-state index contributed by atoms with van der Waals surface area (Å²) in [4.78, 5) is 4.30. The topological polar surface area (TPSA) is 38.4 Å². The first-order valence-electron chi connectivity index (χ1n) is 4.42. The highest BCUT2D eigenvalue weighted by atomic mass is 32.2. The second-order valence-electron chi connectivity index (χ2n) is 3.29. The number of amidine groups is 1. The third-order valence-electron chi connectivity index (χ3n) is 2.23. The molecule has 0 bridgehead atoms. The Morgan fingerprint density at radius 3 is 2.50 bits per heavy atom. The second-order valence-corrected chi connectivity index (χ2v) is 4.68. The minimum Gasteiger partial charge on any atom is -0.379 e. The van der Waals surface area contributed by atoms with E-state index < -0.39 is 0 Å². The van der Waals surface area contributed by atoms with E-state index in [-0.39, 0.29) is 11.9 Å². The van der Waals surface area contributed by atoms with Crippen molar-refractivity contribution >= 4 is 16.9 Å². The molecule has 1 aliphatic rings. The number of thioether (sulfide) groups is 1. The highest BCUT2D eigenvalue weighted by molar-refractivity contribution is 8.14. The summed E-state index contributed by atoms with van der Waals surface area (Å²) in [5.41, 5.74) is 6.64. The van der Waals surface area contributed by atoms with E-state index in [1.165, 1.54) is 12.1 Å². The van der Waals surface area contributed by atoms with E-state index in [4.69, 9.17) is 5.73 Å². The van der Waals surface area contributed by atoms with Crippen LogP contribution in [-0.2, 0) is 0 Å². The molecule has 74 valence electrons. The van der Waals surface area contributed by atoms with Gasteiger partial charge in [-0.1, -0.05) is 30.8 Å². The Morgan fingerprint density at radius 2 is 2.00 bits per heavy atom. The number of rotatable bonds is 1. The largest absolute Gasteiger partial charge is 0.379 e. The summed E-state index contributed by atoms with van der Waals surface area (Å²) in [6, 6.07) is 6.51. The first-order chi connectivity index (χ1) is 6.66. The van der Waals surface area contributed by atoms with Gasteiger partial charge >= 0.3 is 0 Å². The molecule has 1 aromatic rings. The molecule has 0 fully saturated rings. The summed E-state index contributed by atoms with van der Waals surface area (Å²) in [6.07, 6.45) is 0. The lowest BCUT2D eigenvalue weighted by molar-refractivity contribution is 0.625. The minimum absolute atomic E-state index is 0.0700. The zero-order valence-corrected chi connectivity index (χ0v) is 8.59. The summed E-state index contributed by atoms with van der Waals surface area (Å²) in [5, 5.41) is 0.951. The number of nitrogens with zero attached hydrogens (tertiary/aromatic N) is 1. The van der Waals surface area contributed by atoms with Gasteiger partial charge in [-0.3, -0.25) is 4.99 Å². The highest BCUT2D eigenvalue weighted by Crippen LogP contribution is 2.35. The van der Waals surface area contributed by atoms with Crippen molar-refractivity contribution in [1.82, 2.24) is 0 Å². The maximum atomic E-state index is 12.7. The van der Waals surface area contributed by atoms with Crippen LogP contribution in [0.3, 0.4) is 0 Å². The number of benzene rings is 1. The maximum absolute atomic E-state index is 12.7. The van der Waals surface area contributed by atoms with Gasteiger partial charge in [0, 0.05) is 5.25 Å². The van der Waals surface area contributed by atoms with E-state index in [1.807, 2.05) is 0 Å². The van der Waals surface area contributed by atoms with Crippen molar-refractivity contribution < 1.29 is 4.39 Å². The molecule has 0 aliphatic carbocycles. The van der Waals surface area contributed by atoms with Gasteiger partial charge in [-0.05, 0) is 17.7 Å². The fourth-order valence-electron chi connectivity index (χ4n) is 1.53. The fraction of sp³-hybridized carbons (Fsp3) is 0.300. The molecule has 0 radical (unpaired) electrons. The molecule has 1 aromatic carbocycles. The molecule has 0 spiro atoms. The summed E-state index contributed by atoms with van der Waals surface area (Å²) in [7, 11) is 0. The molecule has 2 N–H and O–H groups in total. The Bertz CT molecular complexity index is 361. The maximum Gasteiger partial charge on any atom is 0.154 e. The van der Waals surface area contributed by atoms with E-state index in [9.17, 15) is 4.39 Å². The van der Waals surface area contributed by atoms with Crippen molar-refractivity contribution in [1.29, 1.82) is 0 Å². The van der Waals surface area contributed by atoms with Crippen LogP contribution in [0.25, 0.3) is 0 Å². The molecule has 2 nitrogen and oxygen atoms in total. The van der Waals surface area contributed by atoms with Gasteiger partial charge in [0.1, 0.15) is 5.82 Å². The lowest BCUT2D eigenvalue weighted by atomic mass is 10.1. The summed E-state index contributed by atoms with van der Waals surface area (Å²) in [6.45, 7) is 2.07. The van der Waals surface area contributed by atoms with Crippen LogP contribution in [0.15, 0.2) is 29.3 Å². The third kappa shape index (κ3) is 1.75. The summed E-state index contributed by atoms with van der Waals surface area (Å²) < 4.78 is 12.7. The predicted molar refractivity (Wildman–Crippen MR) is 57.8 cm³/mol. The molecule has 14 heavy (non-hydrogen) atoms. The van der Waals surface area contributed by atoms with Crippen LogP contribution in [0.1, 0.15) is 18.5 Å². The molecule has 0 aromatic heterocycles. The van der Waals surface area contributed by atoms with Crippen LogP contribution in [0, 0.1) is 5.82 Å². The number of hydrogen-bond acceptors (Lipinski definition) is 3. The van der Waals surface area contributed by atoms with Crippen LogP contribution in [0.2, 0.25) is 0 Å². The van der Waals surface area contributed by atoms with Gasteiger partial charge in [-0.15, -0.1) is 0 Å². The SMILES string of the molecule is CC1SC(N)=NC1c1ccc(F)cc1. The van der Waals surface area contributed by atoms with Crippen molar-refractivity contribution in [3.63, 3.8) is 0 Å². The van der Waals surface area contributed by atoms with Gasteiger partial charge in [0.15, 0.2) is 5.17 Å². The average molecular weight is 210 g/mol. The number of aliphatic imine (C=N–C) groups is 1. The first-order valence-corrected chi connectivity index (χ1v) is 5.30. The molecule has 1 heterocycles. The Morgan fingerprint density at radius 1 is 1.36 bits per heavy atom. The van der Waals surface area contributed by atoms with Gasteiger partial charge in [0.05, 0.1) is 6.04 Å². The van der Waals surface area contributed by atoms with Gasteiger partial charge in [-0.25, -0.2) is 4.39 Å². The lowest BCUT2D eigenvalue weighted by Gasteiger charge is -2.11. The third-order valence-corrected chi connectivity index (χ3v) is 3.21. The molecule has 0 amide bonds. The molecule has 0 saturated heterocycles. The van der Waals surface area contributed by atoms with Crippen molar-refractivity contribution in [2.45, 2.75) is 18.2 Å². The van der Waals surface area contributed by atoms with E-state index in [0.29, 0.717) is 10.4 Å². The van der Waals surface area contributed by atoms with Gasteiger partial charge in [-0.2, -0.15) is 0 Å². The number of halogens is 1. The summed E-state index contributed by atoms with van der Waals surface area (Å²) >= 11 is 1.56. The van der Waals surface area contributed by atoms with Crippen LogP contribution < -0.4 is 5.73 Å². The minimum atomic E-state index is -0.219. The molecule has 2 atom stereocenters. The quantitative estimate of drug-likeness (QED) is 0.772. The summed E-state index contributed by atoms with van der Waals surface area (Å²) in [5.74, 6) is -0.219. The second kappa shape index (κ2) is 3.61. The normalized spacial score (nSPS) is 26.3. The van der Waals surface area contributed by atoms with Crippen molar-refractivity contribution in [3.8, 4) is 0 Å². The molecule has 2 rings (SSSR count). The van der Waals surface area contributed by atoms with E-state index in [0.717, 1.165) is 5.56 Å². The number of hydrogen-bond donors (Lipinski definition) is 1. The Kier molecular flexibility index (Phi) is 2.46. The first kappa shape index (κ1) is 9.52. The van der Waals surface area contributed by atoms with Crippen LogP contribution in [0.5, 0.6) is 0 Å². The number of nitrogens with two attached hydrogens (primary N) is 1. The highest BCUT2D eigenvalue weighted by Gasteiger charge is 2.26. The molecule has 0 saturated carbocycles. The zero-order chi connectivity index (χ0) is 10.1. The standard InChI is InChI=1S/C10H11FN2S/c1-6-9(13-10(12)14-6)7-2-4-8(11)5-3-7/h2-6,9H,1H3,(H2,12,13). The Hall–Kier alpha value is -1.03. The van der Waals surface area contributed by atoms with Crippen LogP contribution in [-0.4, -0.2) is 10.4 Å². The molecule has 2 unspecified atom stereocenters. The van der Waals surface area contributed by atoms with Gasteiger partial charge in [0.25, 0.3) is 0 Å². The zero-order valence-electron chi connectivity index (χ0n) is 7.77. The van der Waals surface area contributed by atoms with Crippen LogP contribution >= 0.6 is 11.8 Å². The van der Waals surface area contributed by atoms with E-state index in [1.54, 1.807) is 23.9 Å². The monoisotopic (exact) mass is 210 g/mol. The van der Waals surface area contributed by atoms with Crippen molar-refractivity contribution in [3.05, 3.63) is 35.6 Å². The molecule has 1 aliphatic heterocycles. The smallest absolute Gasteiger partial charge is 0.154 e. The van der Waals surface area contributed by atoms with E-state index >= 15 is 0 Å². The van der Waals surface area contributed by atoms with Crippen molar-refractivity contribution in [2.75, 3.05) is 0 Å². The molecular weight excluding hydrogens is 199 g/mol. The Labute approximate surface area is 86.4 Å².